The molecule has 0 spiro atoms. The molecule has 3 N–H and O–H groups in total. The Hall–Kier alpha value is -4.34. The average molecular weight is 574 g/mol. The number of hydrogen-bond acceptors (Lipinski definition) is 7. The van der Waals surface area contributed by atoms with Crippen LogP contribution < -0.4 is 16.0 Å². The maximum atomic E-state index is 13.8. The number of aryl methyl sites for hydroxylation is 1. The number of nitrogens with one attached hydrogen (secondary N) is 3. The van der Waals surface area contributed by atoms with Gasteiger partial charge in [0.2, 0.25) is 11.8 Å². The SMILES string of the molecule is Cc1cc(C(=O)N[C@@H](Cc2ccncc2)C(=O)N[C@@H](Cc2ccccc2)C(=O)N[C@@H](CC(C)C)C(=O)C2(C)CC2)no1. The third kappa shape index (κ3) is 8.34. The Balaban J connectivity index is 1.56. The van der Waals surface area contributed by atoms with Crippen LogP contribution in [0.3, 0.4) is 0 Å². The molecule has 3 amide bonds. The average Bonchev–Trinajstić information content (AvgIpc) is 3.57. The van der Waals surface area contributed by atoms with Crippen molar-refractivity contribution in [3.05, 3.63) is 83.5 Å². The highest BCUT2D eigenvalue weighted by Crippen LogP contribution is 2.47. The maximum Gasteiger partial charge on any atom is 0.274 e. The molecule has 3 aromatic rings. The highest BCUT2D eigenvalue weighted by Gasteiger charge is 2.48. The number of carbonyl (C=O) groups is 4. The van der Waals surface area contributed by atoms with Crippen LogP contribution in [0.5, 0.6) is 0 Å². The predicted octanol–water partition coefficient (Wildman–Crippen LogP) is 3.35. The molecule has 42 heavy (non-hydrogen) atoms. The summed E-state index contributed by atoms with van der Waals surface area (Å²) in [5.41, 5.74) is 1.24. The quantitative estimate of drug-likeness (QED) is 0.268. The van der Waals surface area contributed by atoms with E-state index in [1.54, 1.807) is 31.5 Å². The third-order valence-corrected chi connectivity index (χ3v) is 7.52. The molecular weight excluding hydrogens is 534 g/mol. The first-order valence-electron chi connectivity index (χ1n) is 14.4. The Labute approximate surface area is 246 Å². The number of benzene rings is 1. The molecule has 222 valence electrons. The molecule has 1 aliphatic carbocycles. The summed E-state index contributed by atoms with van der Waals surface area (Å²) in [5, 5.41) is 12.3. The maximum absolute atomic E-state index is 13.8. The van der Waals surface area contributed by atoms with E-state index >= 15 is 0 Å². The van der Waals surface area contributed by atoms with Crippen LogP contribution in [0.1, 0.15) is 67.4 Å². The summed E-state index contributed by atoms with van der Waals surface area (Å²) in [4.78, 5) is 57.8. The van der Waals surface area contributed by atoms with Crippen LogP contribution in [-0.4, -0.2) is 51.8 Å². The summed E-state index contributed by atoms with van der Waals surface area (Å²) in [7, 11) is 0. The van der Waals surface area contributed by atoms with E-state index in [1.807, 2.05) is 51.1 Å². The van der Waals surface area contributed by atoms with E-state index in [0.29, 0.717) is 12.2 Å². The van der Waals surface area contributed by atoms with Crippen molar-refractivity contribution in [3.8, 4) is 0 Å². The van der Waals surface area contributed by atoms with Crippen LogP contribution in [0.4, 0.5) is 0 Å². The standard InChI is InChI=1S/C32H39N5O5/c1-20(2)16-24(28(38)32(4)12-13-32)34-29(39)25(18-22-8-6-5-7-9-22)35-30(40)26(19-23-10-14-33-15-11-23)36-31(41)27-17-21(3)42-37-27/h5-11,14-15,17,20,24-26H,12-13,16,18-19H2,1-4H3,(H,34,39)(H,35,40)(H,36,41)/t24-,25-,26-/m0/s1. The molecule has 4 rings (SSSR count). The van der Waals surface area contributed by atoms with Crippen molar-refractivity contribution < 1.29 is 23.7 Å². The summed E-state index contributed by atoms with van der Waals surface area (Å²) < 4.78 is 5.02. The summed E-state index contributed by atoms with van der Waals surface area (Å²) in [6.45, 7) is 7.61. The molecule has 0 radical (unpaired) electrons. The van der Waals surface area contributed by atoms with E-state index in [1.165, 1.54) is 6.07 Å². The fourth-order valence-electron chi connectivity index (χ4n) is 4.83. The first-order chi connectivity index (χ1) is 20.0. The van der Waals surface area contributed by atoms with Gasteiger partial charge in [-0.05, 0) is 55.4 Å². The second-order valence-electron chi connectivity index (χ2n) is 11.8. The second kappa shape index (κ2) is 13.5. The lowest BCUT2D eigenvalue weighted by molar-refractivity contribution is -0.133. The van der Waals surface area contributed by atoms with Crippen molar-refractivity contribution in [1.29, 1.82) is 0 Å². The fourth-order valence-corrected chi connectivity index (χ4v) is 4.83. The molecule has 10 heteroatoms. The first-order valence-corrected chi connectivity index (χ1v) is 14.4. The molecule has 10 nitrogen and oxygen atoms in total. The number of hydrogen-bond donors (Lipinski definition) is 3. The van der Waals surface area contributed by atoms with Crippen molar-refractivity contribution in [3.63, 3.8) is 0 Å². The van der Waals surface area contributed by atoms with Gasteiger partial charge in [-0.15, -0.1) is 0 Å². The van der Waals surface area contributed by atoms with Crippen molar-refractivity contribution in [2.45, 2.75) is 77.9 Å². The number of nitrogens with zero attached hydrogens (tertiary/aromatic N) is 2. The Morgan fingerprint density at radius 2 is 1.43 bits per heavy atom. The van der Waals surface area contributed by atoms with Crippen LogP contribution >= 0.6 is 0 Å². The van der Waals surface area contributed by atoms with E-state index in [4.69, 9.17) is 4.52 Å². The van der Waals surface area contributed by atoms with Gasteiger partial charge in [0.1, 0.15) is 17.8 Å². The van der Waals surface area contributed by atoms with Gasteiger partial charge in [-0.2, -0.15) is 0 Å². The highest BCUT2D eigenvalue weighted by atomic mass is 16.5. The van der Waals surface area contributed by atoms with Crippen LogP contribution in [0.25, 0.3) is 0 Å². The molecular formula is C32H39N5O5. The van der Waals surface area contributed by atoms with E-state index in [0.717, 1.165) is 24.0 Å². The molecule has 0 saturated heterocycles. The number of ketones is 1. The molecule has 3 atom stereocenters. The predicted molar refractivity (Wildman–Crippen MR) is 156 cm³/mol. The lowest BCUT2D eigenvalue weighted by Crippen LogP contribution is -2.57. The van der Waals surface area contributed by atoms with Crippen LogP contribution in [0.2, 0.25) is 0 Å². The summed E-state index contributed by atoms with van der Waals surface area (Å²) in [5.74, 6) is -0.899. The van der Waals surface area contributed by atoms with Crippen LogP contribution in [0, 0.1) is 18.3 Å². The van der Waals surface area contributed by atoms with Crippen molar-refractivity contribution in [1.82, 2.24) is 26.1 Å². The minimum Gasteiger partial charge on any atom is -0.361 e. The lowest BCUT2D eigenvalue weighted by Gasteiger charge is -2.27. The second-order valence-corrected chi connectivity index (χ2v) is 11.8. The summed E-state index contributed by atoms with van der Waals surface area (Å²) in [6, 6.07) is 11.7. The number of amides is 3. The first kappa shape index (κ1) is 30.6. The Bertz CT molecular complexity index is 1380. The minimum atomic E-state index is -1.03. The normalized spacial score (nSPS) is 15.7. The molecule has 0 unspecified atom stereocenters. The van der Waals surface area contributed by atoms with Crippen LogP contribution in [0.15, 0.2) is 65.4 Å². The molecule has 1 aliphatic rings. The zero-order valence-corrected chi connectivity index (χ0v) is 24.6. The van der Waals surface area contributed by atoms with Gasteiger partial charge in [0.15, 0.2) is 11.5 Å². The topological polar surface area (TPSA) is 143 Å². The molecule has 1 aromatic carbocycles. The molecule has 0 bridgehead atoms. The summed E-state index contributed by atoms with van der Waals surface area (Å²) in [6.07, 6.45) is 5.68. The number of rotatable bonds is 14. The molecule has 2 heterocycles. The zero-order chi connectivity index (χ0) is 30.3. The largest absolute Gasteiger partial charge is 0.361 e. The number of carbonyl (C=O) groups excluding carboxylic acids is 4. The van der Waals surface area contributed by atoms with E-state index in [2.05, 4.69) is 26.1 Å². The molecule has 2 aromatic heterocycles. The van der Waals surface area contributed by atoms with Gasteiger partial charge in [-0.25, -0.2) is 0 Å². The highest BCUT2D eigenvalue weighted by molar-refractivity contribution is 5.99. The van der Waals surface area contributed by atoms with Crippen molar-refractivity contribution in [2.24, 2.45) is 11.3 Å². The number of Topliss-reactive ketones (excluding diaryl/α,β-unsaturated/α-hetero) is 1. The monoisotopic (exact) mass is 573 g/mol. The number of aromatic nitrogens is 2. The summed E-state index contributed by atoms with van der Waals surface area (Å²) >= 11 is 0. The van der Waals surface area contributed by atoms with Crippen LogP contribution in [-0.2, 0) is 27.2 Å². The van der Waals surface area contributed by atoms with Gasteiger partial charge in [0.05, 0.1) is 6.04 Å². The Morgan fingerprint density at radius 3 is 1.98 bits per heavy atom. The smallest absolute Gasteiger partial charge is 0.274 e. The Morgan fingerprint density at radius 1 is 0.857 bits per heavy atom. The minimum absolute atomic E-state index is 0.0278. The van der Waals surface area contributed by atoms with Gasteiger partial charge < -0.3 is 20.5 Å². The van der Waals surface area contributed by atoms with Gasteiger partial charge in [-0.3, -0.25) is 24.2 Å². The third-order valence-electron chi connectivity index (χ3n) is 7.52. The van der Waals surface area contributed by atoms with E-state index < -0.39 is 41.3 Å². The van der Waals surface area contributed by atoms with Crippen molar-refractivity contribution in [2.75, 3.05) is 0 Å². The number of pyridine rings is 1. The van der Waals surface area contributed by atoms with Gasteiger partial charge >= 0.3 is 0 Å². The van der Waals surface area contributed by atoms with Crippen molar-refractivity contribution >= 4 is 23.5 Å². The van der Waals surface area contributed by atoms with Gasteiger partial charge in [0.25, 0.3) is 5.91 Å². The molecule has 0 aliphatic heterocycles. The van der Waals surface area contributed by atoms with Gasteiger partial charge in [-0.1, -0.05) is 56.3 Å². The fraction of sp³-hybridized carbons (Fsp3) is 0.438. The zero-order valence-electron chi connectivity index (χ0n) is 24.6. The van der Waals surface area contributed by atoms with E-state index in [-0.39, 0.29) is 30.2 Å². The molecule has 1 saturated carbocycles. The van der Waals surface area contributed by atoms with Gasteiger partial charge in [0, 0.05) is 36.7 Å². The van der Waals surface area contributed by atoms with E-state index in [9.17, 15) is 19.2 Å². The lowest BCUT2D eigenvalue weighted by atomic mass is 9.91. The Kier molecular flexibility index (Phi) is 9.88. The molecule has 1 fully saturated rings.